The van der Waals surface area contributed by atoms with Gasteiger partial charge in [-0.25, -0.2) is 0 Å². The van der Waals surface area contributed by atoms with Crippen LogP contribution in [0, 0.1) is 10.1 Å². The Balaban J connectivity index is 2.15. The maximum atomic E-state index is 12.2. The highest BCUT2D eigenvalue weighted by molar-refractivity contribution is 6.04. The van der Waals surface area contributed by atoms with E-state index in [0.717, 1.165) is 6.07 Å². The van der Waals surface area contributed by atoms with Crippen molar-refractivity contribution >= 4 is 17.3 Å². The second-order valence-electron chi connectivity index (χ2n) is 4.73. The average molecular weight is 352 g/mol. The molecule has 0 heterocycles. The van der Waals surface area contributed by atoms with Gasteiger partial charge in [0.15, 0.2) is 5.75 Å². The van der Waals surface area contributed by atoms with Gasteiger partial charge in [0.05, 0.1) is 11.5 Å². The number of hydrogen-bond acceptors (Lipinski definition) is 5. The SMILES string of the molecule is CCOc1ccc(C(=O)Nc2ccc(OC(F)F)cc2)cc1[N+](=O)[O-]. The minimum absolute atomic E-state index is 0.0512. The summed E-state index contributed by atoms with van der Waals surface area (Å²) in [5.41, 5.74) is 0.0568. The minimum atomic E-state index is -2.94. The first-order chi connectivity index (χ1) is 11.9. The fourth-order valence-electron chi connectivity index (χ4n) is 2.00. The summed E-state index contributed by atoms with van der Waals surface area (Å²) in [6.45, 7) is -1.00. The van der Waals surface area contributed by atoms with E-state index in [4.69, 9.17) is 4.74 Å². The van der Waals surface area contributed by atoms with E-state index in [1.165, 1.54) is 36.4 Å². The van der Waals surface area contributed by atoms with Crippen LogP contribution in [0.5, 0.6) is 11.5 Å². The van der Waals surface area contributed by atoms with Crippen LogP contribution in [0.15, 0.2) is 42.5 Å². The van der Waals surface area contributed by atoms with Gasteiger partial charge < -0.3 is 14.8 Å². The number of nitro benzene ring substituents is 1. The summed E-state index contributed by atoms with van der Waals surface area (Å²) in [5, 5.41) is 13.6. The number of nitrogens with zero attached hydrogens (tertiary/aromatic N) is 1. The van der Waals surface area contributed by atoms with E-state index in [1.54, 1.807) is 6.92 Å². The number of ether oxygens (including phenoxy) is 2. The minimum Gasteiger partial charge on any atom is -0.487 e. The third-order valence-corrected chi connectivity index (χ3v) is 3.06. The van der Waals surface area contributed by atoms with Crippen molar-refractivity contribution in [3.8, 4) is 11.5 Å². The molecule has 2 aromatic carbocycles. The number of hydrogen-bond donors (Lipinski definition) is 1. The molecule has 0 fully saturated rings. The molecule has 0 radical (unpaired) electrons. The smallest absolute Gasteiger partial charge is 0.387 e. The lowest BCUT2D eigenvalue weighted by atomic mass is 10.1. The number of nitrogens with one attached hydrogen (secondary N) is 1. The summed E-state index contributed by atoms with van der Waals surface area (Å²) in [4.78, 5) is 22.6. The van der Waals surface area contributed by atoms with E-state index in [1.807, 2.05) is 0 Å². The number of anilines is 1. The molecule has 0 spiro atoms. The Hall–Kier alpha value is -3.23. The van der Waals surface area contributed by atoms with Crippen LogP contribution in [0.3, 0.4) is 0 Å². The van der Waals surface area contributed by atoms with Crippen molar-refractivity contribution in [1.82, 2.24) is 0 Å². The zero-order chi connectivity index (χ0) is 18.4. The van der Waals surface area contributed by atoms with Gasteiger partial charge in [-0.1, -0.05) is 0 Å². The van der Waals surface area contributed by atoms with Crippen LogP contribution in [0.2, 0.25) is 0 Å². The van der Waals surface area contributed by atoms with Crippen molar-refractivity contribution in [2.24, 2.45) is 0 Å². The van der Waals surface area contributed by atoms with Crippen LogP contribution in [0.25, 0.3) is 0 Å². The van der Waals surface area contributed by atoms with E-state index in [0.29, 0.717) is 5.69 Å². The van der Waals surface area contributed by atoms with Crippen molar-refractivity contribution in [1.29, 1.82) is 0 Å². The topological polar surface area (TPSA) is 90.7 Å². The maximum Gasteiger partial charge on any atom is 0.387 e. The Morgan fingerprint density at radius 2 is 1.92 bits per heavy atom. The Labute approximate surface area is 141 Å². The molecule has 0 saturated carbocycles. The lowest BCUT2D eigenvalue weighted by Crippen LogP contribution is -2.12. The highest BCUT2D eigenvalue weighted by Crippen LogP contribution is 2.28. The summed E-state index contributed by atoms with van der Waals surface area (Å²) < 4.78 is 33.5. The van der Waals surface area contributed by atoms with Crippen LogP contribution >= 0.6 is 0 Å². The molecule has 2 aromatic rings. The van der Waals surface area contributed by atoms with Crippen molar-refractivity contribution in [2.45, 2.75) is 13.5 Å². The van der Waals surface area contributed by atoms with Crippen LogP contribution in [0.4, 0.5) is 20.2 Å². The van der Waals surface area contributed by atoms with Gasteiger partial charge in [-0.05, 0) is 43.3 Å². The predicted molar refractivity (Wildman–Crippen MR) is 85.3 cm³/mol. The molecule has 0 aliphatic heterocycles. The number of halogens is 2. The Kier molecular flexibility index (Phi) is 5.83. The number of amides is 1. The molecule has 0 aliphatic rings. The van der Waals surface area contributed by atoms with Crippen LogP contribution in [-0.4, -0.2) is 24.0 Å². The van der Waals surface area contributed by atoms with Gasteiger partial charge in [0.25, 0.3) is 5.91 Å². The van der Waals surface area contributed by atoms with Gasteiger partial charge in [0.2, 0.25) is 0 Å². The van der Waals surface area contributed by atoms with Crippen molar-refractivity contribution < 1.29 is 28.0 Å². The summed E-state index contributed by atoms with van der Waals surface area (Å²) >= 11 is 0. The Bertz CT molecular complexity index is 766. The largest absolute Gasteiger partial charge is 0.487 e. The third kappa shape index (κ3) is 4.87. The number of rotatable bonds is 7. The molecule has 7 nitrogen and oxygen atoms in total. The molecule has 1 N–H and O–H groups in total. The van der Waals surface area contributed by atoms with Gasteiger partial charge in [0, 0.05) is 17.3 Å². The van der Waals surface area contributed by atoms with Crippen LogP contribution in [-0.2, 0) is 0 Å². The standard InChI is InChI=1S/C16H14F2N2O5/c1-2-24-14-8-3-10(9-13(14)20(22)23)15(21)19-11-4-6-12(7-5-11)25-16(17)18/h3-9,16H,2H2,1H3,(H,19,21). The number of carbonyl (C=O) groups is 1. The monoisotopic (exact) mass is 352 g/mol. The lowest BCUT2D eigenvalue weighted by molar-refractivity contribution is -0.385. The molecule has 0 aliphatic carbocycles. The second-order valence-corrected chi connectivity index (χ2v) is 4.73. The average Bonchev–Trinajstić information content (AvgIpc) is 2.56. The van der Waals surface area contributed by atoms with E-state index < -0.39 is 17.4 Å². The van der Waals surface area contributed by atoms with Crippen LogP contribution in [0.1, 0.15) is 17.3 Å². The number of alkyl halides is 2. The van der Waals surface area contributed by atoms with E-state index in [-0.39, 0.29) is 29.4 Å². The third-order valence-electron chi connectivity index (χ3n) is 3.06. The first-order valence-electron chi connectivity index (χ1n) is 7.18. The van der Waals surface area contributed by atoms with Crippen molar-refractivity contribution in [2.75, 3.05) is 11.9 Å². The molecule has 0 saturated heterocycles. The first kappa shape index (κ1) is 18.1. The van der Waals surface area contributed by atoms with E-state index >= 15 is 0 Å². The molecule has 25 heavy (non-hydrogen) atoms. The molecule has 132 valence electrons. The second kappa shape index (κ2) is 8.04. The zero-order valence-corrected chi connectivity index (χ0v) is 13.1. The lowest BCUT2D eigenvalue weighted by Gasteiger charge is -2.09. The first-order valence-corrected chi connectivity index (χ1v) is 7.18. The Morgan fingerprint density at radius 3 is 2.48 bits per heavy atom. The molecule has 9 heteroatoms. The number of benzene rings is 2. The molecule has 0 unspecified atom stereocenters. The van der Waals surface area contributed by atoms with Crippen LogP contribution < -0.4 is 14.8 Å². The highest BCUT2D eigenvalue weighted by Gasteiger charge is 2.18. The Morgan fingerprint density at radius 1 is 1.24 bits per heavy atom. The molecular formula is C16H14F2N2O5. The molecule has 0 atom stereocenters. The molecular weight excluding hydrogens is 338 g/mol. The van der Waals surface area contributed by atoms with Gasteiger partial charge in [0.1, 0.15) is 5.75 Å². The van der Waals surface area contributed by atoms with Gasteiger partial charge in [-0.2, -0.15) is 8.78 Å². The summed E-state index contributed by atoms with van der Waals surface area (Å²) in [5.74, 6) is -0.573. The quantitative estimate of drug-likeness (QED) is 0.604. The predicted octanol–water partition coefficient (Wildman–Crippen LogP) is 3.85. The van der Waals surface area contributed by atoms with Gasteiger partial charge >= 0.3 is 12.3 Å². The summed E-state index contributed by atoms with van der Waals surface area (Å²) in [6.07, 6.45) is 0. The molecule has 0 aromatic heterocycles. The fourth-order valence-corrected chi connectivity index (χ4v) is 2.00. The summed E-state index contributed by atoms with van der Waals surface area (Å²) in [7, 11) is 0. The van der Waals surface area contributed by atoms with Crippen molar-refractivity contribution in [3.63, 3.8) is 0 Å². The molecule has 1 amide bonds. The van der Waals surface area contributed by atoms with E-state index in [2.05, 4.69) is 10.1 Å². The number of carbonyl (C=O) groups excluding carboxylic acids is 1. The zero-order valence-electron chi connectivity index (χ0n) is 13.1. The van der Waals surface area contributed by atoms with Crippen molar-refractivity contribution in [3.05, 3.63) is 58.1 Å². The van der Waals surface area contributed by atoms with E-state index in [9.17, 15) is 23.7 Å². The molecule has 2 rings (SSSR count). The molecule has 0 bridgehead atoms. The highest BCUT2D eigenvalue weighted by atomic mass is 19.3. The summed E-state index contributed by atoms with van der Waals surface area (Å²) in [6, 6.07) is 9.12. The fraction of sp³-hybridized carbons (Fsp3) is 0.188. The normalized spacial score (nSPS) is 10.4. The van der Waals surface area contributed by atoms with Gasteiger partial charge in [-0.3, -0.25) is 14.9 Å². The van der Waals surface area contributed by atoms with Gasteiger partial charge in [-0.15, -0.1) is 0 Å². The maximum absolute atomic E-state index is 12.2. The number of nitro groups is 1.